The van der Waals surface area contributed by atoms with E-state index in [1.165, 1.54) is 6.07 Å². The van der Waals surface area contributed by atoms with E-state index in [1.54, 1.807) is 18.3 Å². The minimum absolute atomic E-state index is 0.00361. The van der Waals surface area contributed by atoms with Gasteiger partial charge in [-0.3, -0.25) is 9.88 Å². The Hall–Kier alpha value is -2.93. The number of aromatic amines is 1. The van der Waals surface area contributed by atoms with Gasteiger partial charge < -0.3 is 4.98 Å². The summed E-state index contributed by atoms with van der Waals surface area (Å²) < 4.78 is 40.8. The second-order valence-electron chi connectivity index (χ2n) is 7.95. The number of hydrogen-bond acceptors (Lipinski definition) is 3. The van der Waals surface area contributed by atoms with Crippen molar-refractivity contribution in [3.63, 3.8) is 0 Å². The first-order chi connectivity index (χ1) is 14.5. The van der Waals surface area contributed by atoms with Gasteiger partial charge in [0, 0.05) is 23.7 Å². The molecule has 2 aromatic heterocycles. The highest BCUT2D eigenvalue weighted by Gasteiger charge is 2.27. The Kier molecular flexibility index (Phi) is 4.70. The van der Waals surface area contributed by atoms with E-state index in [-0.39, 0.29) is 11.9 Å². The number of H-pyrrole nitrogens is 1. The van der Waals surface area contributed by atoms with Crippen molar-refractivity contribution in [2.24, 2.45) is 0 Å². The van der Waals surface area contributed by atoms with E-state index in [4.69, 9.17) is 0 Å². The number of imidazole rings is 1. The molecule has 3 heterocycles. The van der Waals surface area contributed by atoms with Gasteiger partial charge in [0.1, 0.15) is 11.6 Å². The Morgan fingerprint density at radius 3 is 2.57 bits per heavy atom. The fourth-order valence-corrected chi connectivity index (χ4v) is 4.49. The third-order valence-corrected chi connectivity index (χ3v) is 6.19. The van der Waals surface area contributed by atoms with Crippen LogP contribution in [0.3, 0.4) is 0 Å². The zero-order valence-electron chi connectivity index (χ0n) is 16.5. The molecular formula is C23H21F3N4. The van der Waals surface area contributed by atoms with Gasteiger partial charge in [0.25, 0.3) is 0 Å². The number of rotatable bonds is 3. The largest absolute Gasteiger partial charge is 0.341 e. The predicted molar refractivity (Wildman–Crippen MR) is 110 cm³/mol. The van der Waals surface area contributed by atoms with Crippen molar-refractivity contribution < 1.29 is 13.2 Å². The van der Waals surface area contributed by atoms with E-state index in [9.17, 15) is 13.2 Å². The quantitative estimate of drug-likeness (QED) is 0.487. The van der Waals surface area contributed by atoms with Gasteiger partial charge in [-0.25, -0.2) is 18.2 Å². The zero-order chi connectivity index (χ0) is 20.8. The molecule has 5 rings (SSSR count). The number of pyridine rings is 1. The minimum Gasteiger partial charge on any atom is -0.341 e. The highest BCUT2D eigenvalue weighted by Crippen LogP contribution is 2.35. The van der Waals surface area contributed by atoms with Crippen molar-refractivity contribution in [1.82, 2.24) is 19.9 Å². The molecule has 0 bridgehead atoms. The Balaban J connectivity index is 1.34. The van der Waals surface area contributed by atoms with Gasteiger partial charge in [-0.05, 0) is 68.6 Å². The maximum Gasteiger partial charge on any atom is 0.161 e. The number of nitrogens with one attached hydrogen (secondary N) is 1. The first-order valence-electron chi connectivity index (χ1n) is 10.1. The van der Waals surface area contributed by atoms with E-state index < -0.39 is 11.6 Å². The highest BCUT2D eigenvalue weighted by atomic mass is 19.2. The fraction of sp³-hybridized carbons (Fsp3) is 0.304. The Bertz CT molecular complexity index is 1190. The standard InChI is InChI=1S/C23H21F3N4/c1-13(23-28-21-11-18(25)19(26)12-22(21)29-23)30-8-5-14(6-9-30)16-4-7-27-20-3-2-15(24)10-17(16)20/h2-4,7,10-14H,5-6,8-9H2,1H3,(H,28,29)/t13-/m1/s1. The van der Waals surface area contributed by atoms with Crippen LogP contribution in [0.2, 0.25) is 0 Å². The lowest BCUT2D eigenvalue weighted by Crippen LogP contribution is -2.35. The van der Waals surface area contributed by atoms with E-state index in [2.05, 4.69) is 19.9 Å². The van der Waals surface area contributed by atoms with Crippen LogP contribution in [-0.4, -0.2) is 32.9 Å². The predicted octanol–water partition coefficient (Wildman–Crippen LogP) is 5.47. The van der Waals surface area contributed by atoms with E-state index in [0.717, 1.165) is 54.5 Å². The molecule has 1 aliphatic heterocycles. The highest BCUT2D eigenvalue weighted by molar-refractivity contribution is 5.82. The first-order valence-corrected chi connectivity index (χ1v) is 10.1. The summed E-state index contributed by atoms with van der Waals surface area (Å²) in [5.74, 6) is -0.993. The van der Waals surface area contributed by atoms with Crippen molar-refractivity contribution in [3.8, 4) is 0 Å². The lowest BCUT2D eigenvalue weighted by Gasteiger charge is -2.35. The molecule has 4 nitrogen and oxygen atoms in total. The number of hydrogen-bond donors (Lipinski definition) is 1. The van der Waals surface area contributed by atoms with Gasteiger partial charge in [0.15, 0.2) is 11.6 Å². The van der Waals surface area contributed by atoms with Gasteiger partial charge in [0.05, 0.1) is 22.6 Å². The summed E-state index contributed by atoms with van der Waals surface area (Å²) in [6, 6.07) is 8.99. The smallest absolute Gasteiger partial charge is 0.161 e. The van der Waals surface area contributed by atoms with Crippen LogP contribution in [0.25, 0.3) is 21.9 Å². The molecule has 1 aliphatic rings. The van der Waals surface area contributed by atoms with Crippen molar-refractivity contribution in [2.45, 2.75) is 31.7 Å². The minimum atomic E-state index is -0.893. The van der Waals surface area contributed by atoms with Gasteiger partial charge in [-0.15, -0.1) is 0 Å². The Labute approximate surface area is 171 Å². The van der Waals surface area contributed by atoms with Crippen LogP contribution in [-0.2, 0) is 0 Å². The van der Waals surface area contributed by atoms with Crippen molar-refractivity contribution in [3.05, 3.63) is 71.4 Å². The van der Waals surface area contributed by atoms with Crippen LogP contribution in [0.1, 0.15) is 43.1 Å². The molecule has 0 unspecified atom stereocenters. The summed E-state index contributed by atoms with van der Waals surface area (Å²) in [4.78, 5) is 14.2. The number of fused-ring (bicyclic) bond motifs is 2. The average molecular weight is 410 g/mol. The molecule has 7 heteroatoms. The molecule has 1 atom stereocenters. The number of piperidine rings is 1. The number of halogens is 3. The molecule has 1 saturated heterocycles. The molecule has 0 amide bonds. The summed E-state index contributed by atoms with van der Waals surface area (Å²) >= 11 is 0. The van der Waals surface area contributed by atoms with Gasteiger partial charge in [-0.2, -0.15) is 0 Å². The number of likely N-dealkylation sites (tertiary alicyclic amines) is 1. The van der Waals surface area contributed by atoms with Crippen LogP contribution < -0.4 is 0 Å². The van der Waals surface area contributed by atoms with Crippen molar-refractivity contribution in [2.75, 3.05) is 13.1 Å². The molecule has 1 N–H and O–H groups in total. The van der Waals surface area contributed by atoms with Gasteiger partial charge in [0.2, 0.25) is 0 Å². The molecule has 1 fully saturated rings. The first kappa shape index (κ1) is 19.1. The summed E-state index contributed by atoms with van der Waals surface area (Å²) in [6.07, 6.45) is 3.66. The maximum atomic E-state index is 13.8. The number of benzene rings is 2. The van der Waals surface area contributed by atoms with Gasteiger partial charge >= 0.3 is 0 Å². The zero-order valence-corrected chi connectivity index (χ0v) is 16.5. The lowest BCUT2D eigenvalue weighted by atomic mass is 9.87. The maximum absolute atomic E-state index is 13.8. The van der Waals surface area contributed by atoms with Crippen molar-refractivity contribution >= 4 is 21.9 Å². The van der Waals surface area contributed by atoms with Crippen molar-refractivity contribution in [1.29, 1.82) is 0 Å². The number of aromatic nitrogens is 3. The fourth-order valence-electron chi connectivity index (χ4n) is 4.49. The molecule has 0 radical (unpaired) electrons. The lowest BCUT2D eigenvalue weighted by molar-refractivity contribution is 0.158. The third kappa shape index (κ3) is 3.33. The average Bonchev–Trinajstić information content (AvgIpc) is 3.16. The van der Waals surface area contributed by atoms with Crippen LogP contribution >= 0.6 is 0 Å². The Morgan fingerprint density at radius 1 is 1.00 bits per heavy atom. The molecule has 4 aromatic rings. The number of nitrogens with zero attached hydrogens (tertiary/aromatic N) is 3. The summed E-state index contributed by atoms with van der Waals surface area (Å²) in [6.45, 7) is 3.75. The molecule has 0 saturated carbocycles. The van der Waals surface area contributed by atoms with E-state index >= 15 is 0 Å². The van der Waals surface area contributed by atoms with E-state index in [1.807, 2.05) is 13.0 Å². The van der Waals surface area contributed by atoms with Crippen LogP contribution in [0, 0.1) is 17.5 Å². The molecular weight excluding hydrogens is 389 g/mol. The second kappa shape index (κ2) is 7.40. The third-order valence-electron chi connectivity index (χ3n) is 6.19. The molecule has 154 valence electrons. The van der Waals surface area contributed by atoms with E-state index in [0.29, 0.717) is 22.8 Å². The summed E-state index contributed by atoms with van der Waals surface area (Å²) in [5, 5.41) is 0.880. The van der Waals surface area contributed by atoms with Crippen LogP contribution in [0.4, 0.5) is 13.2 Å². The Morgan fingerprint density at radius 2 is 1.77 bits per heavy atom. The second-order valence-corrected chi connectivity index (χ2v) is 7.95. The van der Waals surface area contributed by atoms with Gasteiger partial charge in [-0.1, -0.05) is 0 Å². The molecule has 0 spiro atoms. The molecule has 2 aromatic carbocycles. The summed E-state index contributed by atoms with van der Waals surface area (Å²) in [5.41, 5.74) is 2.87. The topological polar surface area (TPSA) is 44.8 Å². The normalized spacial score (nSPS) is 17.1. The SMILES string of the molecule is C[C@H](c1nc2cc(F)c(F)cc2[nH]1)N1CCC(c2ccnc3ccc(F)cc23)CC1. The summed E-state index contributed by atoms with van der Waals surface area (Å²) in [7, 11) is 0. The van der Waals surface area contributed by atoms with Crippen LogP contribution in [0.5, 0.6) is 0 Å². The van der Waals surface area contributed by atoms with Crippen LogP contribution in [0.15, 0.2) is 42.6 Å². The monoisotopic (exact) mass is 410 g/mol. The molecule has 0 aliphatic carbocycles. The molecule has 30 heavy (non-hydrogen) atoms.